The highest BCUT2D eigenvalue weighted by Crippen LogP contribution is 1.98. The molecule has 0 radical (unpaired) electrons. The van der Waals surface area contributed by atoms with E-state index in [1.165, 1.54) is 5.56 Å². The Morgan fingerprint density at radius 1 is 1.43 bits per heavy atom. The Balaban J connectivity index is 2.26. The van der Waals surface area contributed by atoms with E-state index in [4.69, 9.17) is 5.73 Å². The van der Waals surface area contributed by atoms with Crippen LogP contribution in [0.5, 0.6) is 0 Å². The maximum Gasteiger partial charge on any atom is 0.234 e. The van der Waals surface area contributed by atoms with E-state index in [-0.39, 0.29) is 11.9 Å². The molecule has 1 aromatic carbocycles. The van der Waals surface area contributed by atoms with Crippen molar-refractivity contribution >= 4 is 5.91 Å². The van der Waals surface area contributed by atoms with Gasteiger partial charge in [0.25, 0.3) is 0 Å². The van der Waals surface area contributed by atoms with Crippen LogP contribution in [0.4, 0.5) is 0 Å². The molecule has 14 heavy (non-hydrogen) atoms. The van der Waals surface area contributed by atoms with Crippen molar-refractivity contribution in [1.29, 1.82) is 0 Å². The molecule has 3 N–H and O–H groups in total. The van der Waals surface area contributed by atoms with E-state index < -0.39 is 0 Å². The topological polar surface area (TPSA) is 55.1 Å². The van der Waals surface area contributed by atoms with Crippen LogP contribution in [-0.4, -0.2) is 18.5 Å². The highest BCUT2D eigenvalue weighted by molar-refractivity contribution is 5.79. The van der Waals surface area contributed by atoms with Gasteiger partial charge in [-0.2, -0.15) is 0 Å². The van der Waals surface area contributed by atoms with E-state index in [2.05, 4.69) is 17.4 Å². The Hall–Kier alpha value is -1.35. The maximum atomic E-state index is 10.7. The van der Waals surface area contributed by atoms with Crippen molar-refractivity contribution in [3.8, 4) is 0 Å². The number of carbonyl (C=O) groups excluding carboxylic acids is 1. The molecule has 0 saturated heterocycles. The molecule has 1 atom stereocenters. The SMILES string of the molecule is CC(NCCc1ccccc1)C(N)=O. The summed E-state index contributed by atoms with van der Waals surface area (Å²) in [4.78, 5) is 10.7. The van der Waals surface area contributed by atoms with Crippen molar-refractivity contribution in [3.63, 3.8) is 0 Å². The molecule has 3 nitrogen and oxygen atoms in total. The third-order valence-electron chi connectivity index (χ3n) is 2.13. The van der Waals surface area contributed by atoms with Crippen LogP contribution in [0.25, 0.3) is 0 Å². The lowest BCUT2D eigenvalue weighted by Gasteiger charge is -2.09. The zero-order valence-electron chi connectivity index (χ0n) is 8.36. The first kappa shape index (κ1) is 10.7. The van der Waals surface area contributed by atoms with Crippen LogP contribution in [0.1, 0.15) is 12.5 Å². The summed E-state index contributed by atoms with van der Waals surface area (Å²) in [5.41, 5.74) is 6.37. The van der Waals surface area contributed by atoms with Gasteiger partial charge in [0, 0.05) is 0 Å². The molecule has 0 saturated carbocycles. The summed E-state index contributed by atoms with van der Waals surface area (Å²) in [5.74, 6) is -0.307. The first-order chi connectivity index (χ1) is 6.70. The van der Waals surface area contributed by atoms with Gasteiger partial charge in [0.15, 0.2) is 0 Å². The molecular formula is C11H16N2O. The van der Waals surface area contributed by atoms with Crippen LogP contribution >= 0.6 is 0 Å². The van der Waals surface area contributed by atoms with Crippen molar-refractivity contribution in [2.24, 2.45) is 5.73 Å². The molecule has 0 aliphatic carbocycles. The lowest BCUT2D eigenvalue weighted by molar-refractivity contribution is -0.119. The minimum absolute atomic E-state index is 0.251. The lowest BCUT2D eigenvalue weighted by atomic mass is 10.1. The number of rotatable bonds is 5. The summed E-state index contributed by atoms with van der Waals surface area (Å²) < 4.78 is 0. The fraction of sp³-hybridized carbons (Fsp3) is 0.364. The molecular weight excluding hydrogens is 176 g/mol. The molecule has 0 bridgehead atoms. The van der Waals surface area contributed by atoms with E-state index in [0.29, 0.717) is 0 Å². The zero-order valence-corrected chi connectivity index (χ0v) is 8.36. The Labute approximate surface area is 84.3 Å². The van der Waals surface area contributed by atoms with Gasteiger partial charge < -0.3 is 11.1 Å². The first-order valence-electron chi connectivity index (χ1n) is 4.77. The van der Waals surface area contributed by atoms with Crippen molar-refractivity contribution in [3.05, 3.63) is 35.9 Å². The summed E-state index contributed by atoms with van der Waals surface area (Å²) in [6.45, 7) is 2.54. The Morgan fingerprint density at radius 2 is 2.07 bits per heavy atom. The van der Waals surface area contributed by atoms with Gasteiger partial charge >= 0.3 is 0 Å². The number of nitrogens with two attached hydrogens (primary N) is 1. The second-order valence-electron chi connectivity index (χ2n) is 3.31. The van der Waals surface area contributed by atoms with Gasteiger partial charge in [-0.1, -0.05) is 30.3 Å². The van der Waals surface area contributed by atoms with Crippen LogP contribution in [0, 0.1) is 0 Å². The molecule has 0 heterocycles. The summed E-state index contributed by atoms with van der Waals surface area (Å²) in [6, 6.07) is 9.88. The Kier molecular flexibility index (Phi) is 4.13. The van der Waals surface area contributed by atoms with E-state index in [1.807, 2.05) is 18.2 Å². The summed E-state index contributed by atoms with van der Waals surface area (Å²) in [6.07, 6.45) is 0.915. The van der Waals surface area contributed by atoms with Gasteiger partial charge in [-0.15, -0.1) is 0 Å². The number of primary amides is 1. The van der Waals surface area contributed by atoms with Gasteiger partial charge in [0.2, 0.25) is 5.91 Å². The van der Waals surface area contributed by atoms with Crippen LogP contribution in [0.2, 0.25) is 0 Å². The summed E-state index contributed by atoms with van der Waals surface area (Å²) >= 11 is 0. The van der Waals surface area contributed by atoms with Crippen LogP contribution in [-0.2, 0) is 11.2 Å². The quantitative estimate of drug-likeness (QED) is 0.721. The van der Waals surface area contributed by atoms with Crippen LogP contribution in [0.3, 0.4) is 0 Å². The second kappa shape index (κ2) is 5.40. The van der Waals surface area contributed by atoms with Crippen molar-refractivity contribution in [1.82, 2.24) is 5.32 Å². The monoisotopic (exact) mass is 192 g/mol. The zero-order chi connectivity index (χ0) is 10.4. The van der Waals surface area contributed by atoms with E-state index in [0.717, 1.165) is 13.0 Å². The average Bonchev–Trinajstić information content (AvgIpc) is 2.19. The minimum atomic E-state index is -0.307. The van der Waals surface area contributed by atoms with Gasteiger partial charge in [-0.3, -0.25) is 4.79 Å². The third kappa shape index (κ3) is 3.58. The van der Waals surface area contributed by atoms with Gasteiger partial charge in [-0.05, 0) is 25.5 Å². The predicted molar refractivity (Wildman–Crippen MR) is 56.8 cm³/mol. The van der Waals surface area contributed by atoms with Gasteiger partial charge in [0.05, 0.1) is 6.04 Å². The van der Waals surface area contributed by atoms with E-state index in [9.17, 15) is 4.79 Å². The molecule has 0 aromatic heterocycles. The highest BCUT2D eigenvalue weighted by atomic mass is 16.1. The number of carbonyl (C=O) groups is 1. The average molecular weight is 192 g/mol. The molecule has 1 unspecified atom stereocenters. The molecule has 0 aliphatic heterocycles. The highest BCUT2D eigenvalue weighted by Gasteiger charge is 2.05. The molecule has 0 fully saturated rings. The fourth-order valence-corrected chi connectivity index (χ4v) is 1.18. The standard InChI is InChI=1S/C11H16N2O/c1-9(11(12)14)13-8-7-10-5-3-2-4-6-10/h2-6,9,13H,7-8H2,1H3,(H2,12,14). The molecule has 1 rings (SSSR count). The molecule has 3 heteroatoms. The number of benzene rings is 1. The Morgan fingerprint density at radius 3 is 2.64 bits per heavy atom. The smallest absolute Gasteiger partial charge is 0.234 e. The molecule has 0 spiro atoms. The van der Waals surface area contributed by atoms with Crippen molar-refractivity contribution in [2.75, 3.05) is 6.54 Å². The minimum Gasteiger partial charge on any atom is -0.368 e. The van der Waals surface area contributed by atoms with E-state index >= 15 is 0 Å². The summed E-state index contributed by atoms with van der Waals surface area (Å²) in [7, 11) is 0. The third-order valence-corrected chi connectivity index (χ3v) is 2.13. The van der Waals surface area contributed by atoms with Crippen molar-refractivity contribution in [2.45, 2.75) is 19.4 Å². The maximum absolute atomic E-state index is 10.7. The number of amides is 1. The van der Waals surface area contributed by atoms with Crippen LogP contribution < -0.4 is 11.1 Å². The molecule has 76 valence electrons. The number of hydrogen-bond donors (Lipinski definition) is 2. The van der Waals surface area contributed by atoms with Crippen molar-refractivity contribution < 1.29 is 4.79 Å². The normalized spacial score (nSPS) is 12.4. The second-order valence-corrected chi connectivity index (χ2v) is 3.31. The van der Waals surface area contributed by atoms with Crippen LogP contribution in [0.15, 0.2) is 30.3 Å². The largest absolute Gasteiger partial charge is 0.368 e. The van der Waals surface area contributed by atoms with Gasteiger partial charge in [-0.25, -0.2) is 0 Å². The van der Waals surface area contributed by atoms with E-state index in [1.54, 1.807) is 6.92 Å². The first-order valence-corrected chi connectivity index (χ1v) is 4.77. The van der Waals surface area contributed by atoms with Gasteiger partial charge in [0.1, 0.15) is 0 Å². The molecule has 1 amide bonds. The Bertz CT molecular complexity index is 285. The summed E-state index contributed by atoms with van der Waals surface area (Å²) in [5, 5.41) is 3.06. The lowest BCUT2D eigenvalue weighted by Crippen LogP contribution is -2.39. The number of nitrogens with one attached hydrogen (secondary N) is 1. The fourth-order valence-electron chi connectivity index (χ4n) is 1.18. The molecule has 0 aliphatic rings. The number of hydrogen-bond acceptors (Lipinski definition) is 2. The predicted octanol–water partition coefficient (Wildman–Crippen LogP) is 0.693. The molecule has 1 aromatic rings.